The van der Waals surface area contributed by atoms with Crippen LogP contribution in [-0.2, 0) is 23.6 Å². The van der Waals surface area contributed by atoms with Gasteiger partial charge in [0.25, 0.3) is 15.6 Å². The first-order valence-corrected chi connectivity index (χ1v) is 13.3. The maximum Gasteiger partial charge on any atom is 0.261 e. The van der Waals surface area contributed by atoms with Gasteiger partial charge in [-0.15, -0.1) is 0 Å². The standard InChI is InChI=1S/C26H33N3O3S/c1-19(16-20-8-4-3-5-9-20)27-18-22-10-6-7-11-24(22)28-33(31,32)23-13-14-25-21(17-23)12-15-26(30)29(25)2/h6-7,10-15,17,19-20,27-28H,3-5,8-9,16,18H2,1-2H3/t19-/m0/s1. The van der Waals surface area contributed by atoms with Crippen molar-refractivity contribution in [1.29, 1.82) is 0 Å². The Balaban J connectivity index is 1.48. The summed E-state index contributed by atoms with van der Waals surface area (Å²) >= 11 is 0. The molecule has 1 fully saturated rings. The Bertz CT molecular complexity index is 1280. The first-order chi connectivity index (χ1) is 15.8. The van der Waals surface area contributed by atoms with Crippen LogP contribution >= 0.6 is 0 Å². The molecule has 1 saturated carbocycles. The van der Waals surface area contributed by atoms with E-state index >= 15 is 0 Å². The van der Waals surface area contributed by atoms with Crippen LogP contribution in [0.1, 0.15) is 51.0 Å². The molecule has 1 aromatic heterocycles. The van der Waals surface area contributed by atoms with Gasteiger partial charge in [-0.1, -0.05) is 50.3 Å². The summed E-state index contributed by atoms with van der Waals surface area (Å²) in [6, 6.07) is 15.8. The van der Waals surface area contributed by atoms with Gasteiger partial charge >= 0.3 is 0 Å². The van der Waals surface area contributed by atoms with Crippen molar-refractivity contribution in [3.05, 3.63) is 70.5 Å². The SMILES string of the molecule is C[C@@H](CC1CCCCC1)NCc1ccccc1NS(=O)(=O)c1ccc2c(ccc(=O)n2C)c1. The molecule has 7 heteroatoms. The van der Waals surface area contributed by atoms with Gasteiger partial charge in [0.15, 0.2) is 0 Å². The topological polar surface area (TPSA) is 80.2 Å². The van der Waals surface area contributed by atoms with E-state index in [4.69, 9.17) is 0 Å². The average molecular weight is 468 g/mol. The van der Waals surface area contributed by atoms with Gasteiger partial charge in [-0.25, -0.2) is 8.42 Å². The molecule has 2 aromatic carbocycles. The first kappa shape index (κ1) is 23.5. The van der Waals surface area contributed by atoms with E-state index in [1.165, 1.54) is 48.8 Å². The van der Waals surface area contributed by atoms with Crippen molar-refractivity contribution in [3.63, 3.8) is 0 Å². The lowest BCUT2D eigenvalue weighted by atomic mass is 9.85. The van der Waals surface area contributed by atoms with Crippen LogP contribution in [0.4, 0.5) is 5.69 Å². The molecule has 1 aliphatic carbocycles. The summed E-state index contributed by atoms with van der Waals surface area (Å²) in [6.07, 6.45) is 7.85. The minimum absolute atomic E-state index is 0.129. The van der Waals surface area contributed by atoms with Crippen LogP contribution in [0, 0.1) is 5.92 Å². The minimum atomic E-state index is -3.78. The summed E-state index contributed by atoms with van der Waals surface area (Å²) in [5.41, 5.74) is 2.06. The van der Waals surface area contributed by atoms with Crippen LogP contribution in [0.25, 0.3) is 10.9 Å². The third-order valence-electron chi connectivity index (χ3n) is 6.72. The molecule has 0 unspecified atom stereocenters. The zero-order valence-electron chi connectivity index (χ0n) is 19.4. The zero-order valence-corrected chi connectivity index (χ0v) is 20.2. The van der Waals surface area contributed by atoms with Crippen LogP contribution < -0.4 is 15.6 Å². The van der Waals surface area contributed by atoms with Crippen molar-refractivity contribution in [2.75, 3.05) is 4.72 Å². The molecule has 176 valence electrons. The number of sulfonamides is 1. The largest absolute Gasteiger partial charge is 0.311 e. The van der Waals surface area contributed by atoms with Crippen LogP contribution in [0.2, 0.25) is 0 Å². The number of anilines is 1. The molecule has 2 N–H and O–H groups in total. The van der Waals surface area contributed by atoms with E-state index in [1.807, 2.05) is 18.2 Å². The molecule has 0 saturated heterocycles. The number of aromatic nitrogens is 1. The molecule has 0 radical (unpaired) electrons. The number of nitrogens with one attached hydrogen (secondary N) is 2. The second kappa shape index (κ2) is 10.1. The van der Waals surface area contributed by atoms with Crippen LogP contribution in [-0.4, -0.2) is 19.0 Å². The highest BCUT2D eigenvalue weighted by molar-refractivity contribution is 7.92. The third-order valence-corrected chi connectivity index (χ3v) is 8.08. The van der Waals surface area contributed by atoms with Crippen LogP contribution in [0.3, 0.4) is 0 Å². The molecule has 0 aliphatic heterocycles. The van der Waals surface area contributed by atoms with Crippen molar-refractivity contribution >= 4 is 26.6 Å². The monoisotopic (exact) mass is 467 g/mol. The van der Waals surface area contributed by atoms with Crippen molar-refractivity contribution in [2.24, 2.45) is 13.0 Å². The van der Waals surface area contributed by atoms with E-state index in [9.17, 15) is 13.2 Å². The lowest BCUT2D eigenvalue weighted by molar-refractivity contribution is 0.305. The summed E-state index contributed by atoms with van der Waals surface area (Å²) in [5, 5.41) is 4.28. The van der Waals surface area contributed by atoms with Crippen LogP contribution in [0.15, 0.2) is 64.3 Å². The predicted molar refractivity (Wildman–Crippen MR) is 134 cm³/mol. The Morgan fingerprint density at radius 3 is 2.58 bits per heavy atom. The fourth-order valence-electron chi connectivity index (χ4n) is 4.80. The maximum absolute atomic E-state index is 13.2. The van der Waals surface area contributed by atoms with Gasteiger partial charge in [0.1, 0.15) is 0 Å². The molecule has 1 atom stereocenters. The molecule has 4 rings (SSSR count). The second-order valence-corrected chi connectivity index (χ2v) is 10.9. The average Bonchev–Trinajstić information content (AvgIpc) is 2.81. The summed E-state index contributed by atoms with van der Waals surface area (Å²) in [4.78, 5) is 12.0. The number of aryl methyl sites for hydroxylation is 1. The molecule has 0 bridgehead atoms. The first-order valence-electron chi connectivity index (χ1n) is 11.8. The smallest absolute Gasteiger partial charge is 0.261 e. The molecular formula is C26H33N3O3S. The van der Waals surface area contributed by atoms with E-state index in [1.54, 1.807) is 31.3 Å². The second-order valence-electron chi connectivity index (χ2n) is 9.24. The highest BCUT2D eigenvalue weighted by Gasteiger charge is 2.19. The molecule has 1 aliphatic rings. The normalized spacial score (nSPS) is 16.1. The Morgan fingerprint density at radius 2 is 1.79 bits per heavy atom. The lowest BCUT2D eigenvalue weighted by Gasteiger charge is -2.25. The van der Waals surface area contributed by atoms with E-state index in [0.29, 0.717) is 29.2 Å². The molecular weight excluding hydrogens is 434 g/mol. The molecule has 0 amide bonds. The molecule has 1 heterocycles. The summed E-state index contributed by atoms with van der Waals surface area (Å²) < 4.78 is 30.6. The Kier molecular flexibility index (Phi) is 7.20. The van der Waals surface area contributed by atoms with E-state index in [2.05, 4.69) is 17.0 Å². The molecule has 0 spiro atoms. The highest BCUT2D eigenvalue weighted by atomic mass is 32.2. The Morgan fingerprint density at radius 1 is 1.03 bits per heavy atom. The lowest BCUT2D eigenvalue weighted by Crippen LogP contribution is -2.29. The quantitative estimate of drug-likeness (QED) is 0.499. The number of para-hydroxylation sites is 1. The number of nitrogens with zero attached hydrogens (tertiary/aromatic N) is 1. The van der Waals surface area contributed by atoms with Gasteiger partial charge in [-0.05, 0) is 60.5 Å². The Labute approximate surface area is 196 Å². The maximum atomic E-state index is 13.2. The predicted octanol–water partition coefficient (Wildman–Crippen LogP) is 4.79. The van der Waals surface area contributed by atoms with Crippen LogP contribution in [0.5, 0.6) is 0 Å². The van der Waals surface area contributed by atoms with Gasteiger partial charge in [-0.2, -0.15) is 0 Å². The van der Waals surface area contributed by atoms with Gasteiger partial charge in [0, 0.05) is 25.7 Å². The number of hydrogen-bond acceptors (Lipinski definition) is 4. The number of hydrogen-bond donors (Lipinski definition) is 2. The minimum Gasteiger partial charge on any atom is -0.311 e. The van der Waals surface area contributed by atoms with Gasteiger partial charge in [-0.3, -0.25) is 9.52 Å². The van der Waals surface area contributed by atoms with Crippen molar-refractivity contribution in [3.8, 4) is 0 Å². The molecule has 6 nitrogen and oxygen atoms in total. The summed E-state index contributed by atoms with van der Waals surface area (Å²) in [7, 11) is -2.10. The van der Waals surface area contributed by atoms with Crippen molar-refractivity contribution in [2.45, 2.75) is 62.9 Å². The zero-order chi connectivity index (χ0) is 23.4. The molecule has 3 aromatic rings. The van der Waals surface area contributed by atoms with E-state index in [0.717, 1.165) is 17.9 Å². The number of rotatable bonds is 8. The number of pyridine rings is 1. The van der Waals surface area contributed by atoms with E-state index in [-0.39, 0.29) is 10.5 Å². The fraction of sp³-hybridized carbons (Fsp3) is 0.423. The summed E-state index contributed by atoms with van der Waals surface area (Å²) in [5.74, 6) is 0.794. The van der Waals surface area contributed by atoms with Gasteiger partial charge in [0.2, 0.25) is 0 Å². The van der Waals surface area contributed by atoms with E-state index < -0.39 is 10.0 Å². The summed E-state index contributed by atoms with van der Waals surface area (Å²) in [6.45, 7) is 2.82. The number of fused-ring (bicyclic) bond motifs is 1. The number of benzene rings is 2. The van der Waals surface area contributed by atoms with Crippen molar-refractivity contribution < 1.29 is 8.42 Å². The fourth-order valence-corrected chi connectivity index (χ4v) is 5.93. The van der Waals surface area contributed by atoms with Crippen molar-refractivity contribution in [1.82, 2.24) is 9.88 Å². The van der Waals surface area contributed by atoms with Gasteiger partial charge in [0.05, 0.1) is 16.1 Å². The molecule has 33 heavy (non-hydrogen) atoms. The highest BCUT2D eigenvalue weighted by Crippen LogP contribution is 2.28. The third kappa shape index (κ3) is 5.65. The van der Waals surface area contributed by atoms with Gasteiger partial charge < -0.3 is 9.88 Å². The Hall–Kier alpha value is -2.64.